The molecule has 10 heteroatoms. The smallest absolute Gasteiger partial charge is 0.231 e. The summed E-state index contributed by atoms with van der Waals surface area (Å²) in [6, 6.07) is 5.81. The first-order chi connectivity index (χ1) is 17.4. The molecule has 2 aliphatic heterocycles. The molecule has 1 unspecified atom stereocenters. The van der Waals surface area contributed by atoms with Crippen LogP contribution in [0.15, 0.2) is 24.5 Å². The monoisotopic (exact) mass is 533 g/mol. The van der Waals surface area contributed by atoms with Crippen molar-refractivity contribution in [2.24, 2.45) is 0 Å². The van der Waals surface area contributed by atoms with Crippen molar-refractivity contribution in [2.45, 2.75) is 50.2 Å². The summed E-state index contributed by atoms with van der Waals surface area (Å²) in [5.74, 6) is 0.830. The molecule has 0 saturated carbocycles. The van der Waals surface area contributed by atoms with Crippen LogP contribution in [-0.4, -0.2) is 77.9 Å². The number of ether oxygens (including phenoxy) is 1. The molecular formula is C26H33Cl2N5O3. The third kappa shape index (κ3) is 5.34. The third-order valence-corrected chi connectivity index (χ3v) is 8.38. The lowest BCUT2D eigenvalue weighted by Gasteiger charge is -2.38. The van der Waals surface area contributed by atoms with Crippen molar-refractivity contribution in [3.63, 3.8) is 0 Å². The Hall–Kier alpha value is -1.97. The van der Waals surface area contributed by atoms with Gasteiger partial charge in [0.25, 0.3) is 0 Å². The summed E-state index contributed by atoms with van der Waals surface area (Å²) < 4.78 is 5.47. The van der Waals surface area contributed by atoms with Gasteiger partial charge in [0, 0.05) is 57.5 Å². The van der Waals surface area contributed by atoms with Gasteiger partial charge in [0.2, 0.25) is 5.91 Å². The van der Waals surface area contributed by atoms with Crippen molar-refractivity contribution in [3.05, 3.63) is 51.4 Å². The van der Waals surface area contributed by atoms with Gasteiger partial charge in [-0.1, -0.05) is 36.2 Å². The highest BCUT2D eigenvalue weighted by Crippen LogP contribution is 2.42. The molecule has 1 amide bonds. The van der Waals surface area contributed by atoms with Crippen LogP contribution in [0.2, 0.25) is 10.0 Å². The van der Waals surface area contributed by atoms with E-state index < -0.39 is 6.10 Å². The van der Waals surface area contributed by atoms with E-state index >= 15 is 0 Å². The Morgan fingerprint density at radius 1 is 1.17 bits per heavy atom. The summed E-state index contributed by atoms with van der Waals surface area (Å²) >= 11 is 12.5. The van der Waals surface area contributed by atoms with E-state index in [0.29, 0.717) is 55.2 Å². The van der Waals surface area contributed by atoms with Crippen LogP contribution in [0.25, 0.3) is 0 Å². The van der Waals surface area contributed by atoms with Gasteiger partial charge in [-0.05, 0) is 42.9 Å². The quantitative estimate of drug-likeness (QED) is 0.586. The molecule has 3 heterocycles. The van der Waals surface area contributed by atoms with Crippen LogP contribution in [-0.2, 0) is 9.53 Å². The van der Waals surface area contributed by atoms with Crippen LogP contribution >= 0.6 is 23.2 Å². The minimum Gasteiger partial charge on any atom is -0.387 e. The Kier molecular flexibility index (Phi) is 7.98. The van der Waals surface area contributed by atoms with Gasteiger partial charge in [-0.15, -0.1) is 0 Å². The van der Waals surface area contributed by atoms with Gasteiger partial charge in [-0.2, -0.15) is 0 Å². The van der Waals surface area contributed by atoms with E-state index in [4.69, 9.17) is 27.9 Å². The average molecular weight is 534 g/mol. The molecule has 0 radical (unpaired) electrons. The van der Waals surface area contributed by atoms with Gasteiger partial charge < -0.3 is 25.0 Å². The van der Waals surface area contributed by atoms with Crippen molar-refractivity contribution >= 4 is 34.9 Å². The topological polar surface area (TPSA) is 90.8 Å². The number of nitrogens with zero attached hydrogens (tertiary/aromatic N) is 4. The number of benzene rings is 1. The molecule has 0 bridgehead atoms. The zero-order valence-electron chi connectivity index (χ0n) is 20.5. The first kappa shape index (κ1) is 25.7. The number of rotatable bonds is 6. The number of aromatic nitrogens is 2. The highest BCUT2D eigenvalue weighted by molar-refractivity contribution is 6.42. The van der Waals surface area contributed by atoms with E-state index in [9.17, 15) is 9.90 Å². The molecule has 5 rings (SSSR count). The number of nitrogens with one attached hydrogen (secondary N) is 1. The summed E-state index contributed by atoms with van der Waals surface area (Å²) in [6.45, 7) is 6.69. The molecule has 194 valence electrons. The summed E-state index contributed by atoms with van der Waals surface area (Å²) in [6.07, 6.45) is 3.56. The van der Waals surface area contributed by atoms with E-state index in [1.807, 2.05) is 17.0 Å². The third-order valence-electron chi connectivity index (χ3n) is 7.65. The molecule has 1 aliphatic carbocycles. The van der Waals surface area contributed by atoms with Crippen LogP contribution in [0.3, 0.4) is 0 Å². The maximum atomic E-state index is 13.8. The van der Waals surface area contributed by atoms with Crippen LogP contribution in [0.5, 0.6) is 0 Å². The van der Waals surface area contributed by atoms with E-state index in [1.54, 1.807) is 6.07 Å². The van der Waals surface area contributed by atoms with Crippen molar-refractivity contribution in [2.75, 3.05) is 50.8 Å². The van der Waals surface area contributed by atoms with E-state index in [-0.39, 0.29) is 17.7 Å². The lowest BCUT2D eigenvalue weighted by molar-refractivity contribution is -0.133. The molecular weight excluding hydrogens is 501 g/mol. The van der Waals surface area contributed by atoms with E-state index in [0.717, 1.165) is 48.7 Å². The summed E-state index contributed by atoms with van der Waals surface area (Å²) in [5.41, 5.74) is 2.65. The van der Waals surface area contributed by atoms with Crippen molar-refractivity contribution in [1.29, 1.82) is 0 Å². The number of amides is 1. The van der Waals surface area contributed by atoms with Gasteiger partial charge in [0.15, 0.2) is 0 Å². The van der Waals surface area contributed by atoms with Gasteiger partial charge in [0.05, 0.1) is 27.8 Å². The first-order valence-electron chi connectivity index (χ1n) is 12.7. The molecule has 8 nitrogen and oxygen atoms in total. The average Bonchev–Trinajstić information content (AvgIpc) is 3.20. The predicted molar refractivity (Wildman–Crippen MR) is 140 cm³/mol. The van der Waals surface area contributed by atoms with Gasteiger partial charge in [0.1, 0.15) is 12.1 Å². The fourth-order valence-corrected chi connectivity index (χ4v) is 5.88. The second kappa shape index (κ2) is 11.2. The second-order valence-corrected chi connectivity index (χ2v) is 10.8. The standard InChI is InChI=1S/C26H33Cl2N5O3/c1-16-12-22(34)24-23(16)25(31-15-30-24)32-6-8-33(9-7-32)26(35)19(14-29-18-4-10-36-11-5-18)17-2-3-20(27)21(28)13-17/h2-3,13,15-16,18-19,22,29,34H,4-12,14H2,1H3/t16?,19-,22+/m1/s1. The zero-order valence-corrected chi connectivity index (χ0v) is 22.0. The summed E-state index contributed by atoms with van der Waals surface area (Å²) in [4.78, 5) is 26.9. The molecule has 2 saturated heterocycles. The Labute approximate surface area is 221 Å². The number of carbonyl (C=O) groups excluding carboxylic acids is 1. The summed E-state index contributed by atoms with van der Waals surface area (Å²) in [7, 11) is 0. The molecule has 3 aliphatic rings. The molecule has 1 aromatic carbocycles. The SMILES string of the molecule is CC1C[C@H](O)c2ncnc(N3CCN(C(=O)[C@H](CNC4CCOCC4)c4ccc(Cl)c(Cl)c4)CC3)c21. The fraction of sp³-hybridized carbons (Fsp3) is 0.577. The van der Waals surface area contributed by atoms with Crippen molar-refractivity contribution in [3.8, 4) is 0 Å². The maximum absolute atomic E-state index is 13.8. The molecule has 3 atom stereocenters. The number of hydrogen-bond donors (Lipinski definition) is 2. The first-order valence-corrected chi connectivity index (χ1v) is 13.5. The fourth-order valence-electron chi connectivity index (χ4n) is 5.58. The maximum Gasteiger partial charge on any atom is 0.231 e. The lowest BCUT2D eigenvalue weighted by Crippen LogP contribution is -2.52. The van der Waals surface area contributed by atoms with Gasteiger partial charge in [-0.3, -0.25) is 4.79 Å². The highest BCUT2D eigenvalue weighted by atomic mass is 35.5. The number of aliphatic hydroxyl groups is 1. The molecule has 0 spiro atoms. The minimum atomic E-state index is -0.533. The molecule has 2 N–H and O–H groups in total. The normalized spacial score (nSPS) is 23.6. The largest absolute Gasteiger partial charge is 0.387 e. The van der Waals surface area contributed by atoms with Crippen LogP contribution in [0.4, 0.5) is 5.82 Å². The van der Waals surface area contributed by atoms with Gasteiger partial charge >= 0.3 is 0 Å². The second-order valence-electron chi connectivity index (χ2n) is 9.98. The predicted octanol–water partition coefficient (Wildman–Crippen LogP) is 3.53. The number of fused-ring (bicyclic) bond motifs is 1. The summed E-state index contributed by atoms with van der Waals surface area (Å²) in [5, 5.41) is 14.9. The number of anilines is 1. The Morgan fingerprint density at radius 2 is 1.92 bits per heavy atom. The van der Waals surface area contributed by atoms with E-state index in [1.165, 1.54) is 6.33 Å². The van der Waals surface area contributed by atoms with E-state index in [2.05, 4.69) is 27.1 Å². The Morgan fingerprint density at radius 3 is 2.64 bits per heavy atom. The Balaban J connectivity index is 1.29. The zero-order chi connectivity index (χ0) is 25.2. The van der Waals surface area contributed by atoms with Crippen LogP contribution in [0.1, 0.15) is 60.9 Å². The van der Waals surface area contributed by atoms with Crippen LogP contribution in [0, 0.1) is 0 Å². The lowest BCUT2D eigenvalue weighted by atomic mass is 9.96. The van der Waals surface area contributed by atoms with Crippen LogP contribution < -0.4 is 10.2 Å². The number of halogens is 2. The Bertz CT molecular complexity index is 1090. The molecule has 2 aromatic rings. The molecule has 1 aromatic heterocycles. The minimum absolute atomic E-state index is 0.0873. The number of hydrogen-bond acceptors (Lipinski definition) is 7. The van der Waals surface area contributed by atoms with Crippen molar-refractivity contribution < 1.29 is 14.6 Å². The number of piperazine rings is 1. The van der Waals surface area contributed by atoms with Crippen molar-refractivity contribution in [1.82, 2.24) is 20.2 Å². The molecule has 2 fully saturated rings. The molecule has 36 heavy (non-hydrogen) atoms. The highest BCUT2D eigenvalue weighted by Gasteiger charge is 2.35. The van der Waals surface area contributed by atoms with Gasteiger partial charge in [-0.25, -0.2) is 9.97 Å². The number of carbonyl (C=O) groups is 1. The number of aliphatic hydroxyl groups excluding tert-OH is 1.